The van der Waals surface area contributed by atoms with Crippen LogP contribution in [0.15, 0.2) is 48.5 Å². The molecule has 0 saturated carbocycles. The highest BCUT2D eigenvalue weighted by Gasteiger charge is 2.23. The molecule has 0 radical (unpaired) electrons. The molecule has 4 rings (SSSR count). The number of nitrogens with one attached hydrogen (secondary N) is 1. The predicted molar refractivity (Wildman–Crippen MR) is 111 cm³/mol. The van der Waals surface area contributed by atoms with Crippen LogP contribution in [0.4, 0.5) is 16.2 Å². The van der Waals surface area contributed by atoms with Crippen LogP contribution in [0.25, 0.3) is 0 Å². The fourth-order valence-electron chi connectivity index (χ4n) is 3.98. The molecule has 0 unspecified atom stereocenters. The summed E-state index contributed by atoms with van der Waals surface area (Å²) >= 11 is 0. The Labute approximate surface area is 165 Å². The van der Waals surface area contributed by atoms with E-state index in [4.69, 9.17) is 0 Å². The molecule has 2 saturated heterocycles. The van der Waals surface area contributed by atoms with E-state index >= 15 is 0 Å². The van der Waals surface area contributed by atoms with Crippen molar-refractivity contribution in [2.24, 2.45) is 0 Å². The Bertz CT molecular complexity index is 876. The SMILES string of the molecule is CN(Cc1ccccc1N1CCCC1)C(=O)c1cccc(N2CCNC2=O)c1. The zero-order chi connectivity index (χ0) is 19.5. The number of rotatable bonds is 5. The molecular formula is C22H26N4O2. The van der Waals surface area contributed by atoms with Crippen LogP contribution < -0.4 is 15.1 Å². The van der Waals surface area contributed by atoms with E-state index in [1.807, 2.05) is 31.3 Å². The molecule has 2 heterocycles. The van der Waals surface area contributed by atoms with Crippen molar-refractivity contribution >= 4 is 23.3 Å². The molecule has 2 aliphatic heterocycles. The van der Waals surface area contributed by atoms with Crippen molar-refractivity contribution in [3.05, 3.63) is 59.7 Å². The quantitative estimate of drug-likeness (QED) is 0.870. The second-order valence-corrected chi connectivity index (χ2v) is 7.42. The first-order chi connectivity index (χ1) is 13.6. The first kappa shape index (κ1) is 18.3. The molecule has 2 aromatic rings. The lowest BCUT2D eigenvalue weighted by Crippen LogP contribution is -2.29. The lowest BCUT2D eigenvalue weighted by Gasteiger charge is -2.25. The van der Waals surface area contributed by atoms with Gasteiger partial charge in [0.2, 0.25) is 0 Å². The molecule has 6 nitrogen and oxygen atoms in total. The fraction of sp³-hybridized carbons (Fsp3) is 0.364. The Morgan fingerprint density at radius 3 is 2.61 bits per heavy atom. The number of hydrogen-bond donors (Lipinski definition) is 1. The number of nitrogens with zero attached hydrogens (tertiary/aromatic N) is 3. The van der Waals surface area contributed by atoms with Crippen LogP contribution >= 0.6 is 0 Å². The van der Waals surface area contributed by atoms with Crippen LogP contribution in [-0.4, -0.2) is 50.1 Å². The Morgan fingerprint density at radius 2 is 1.86 bits per heavy atom. The maximum absolute atomic E-state index is 13.0. The fourth-order valence-corrected chi connectivity index (χ4v) is 3.98. The number of carbonyl (C=O) groups excluding carboxylic acids is 2. The van der Waals surface area contributed by atoms with E-state index in [-0.39, 0.29) is 11.9 Å². The number of urea groups is 1. The summed E-state index contributed by atoms with van der Waals surface area (Å²) in [6.45, 7) is 3.96. The number of amides is 3. The molecule has 3 amide bonds. The summed E-state index contributed by atoms with van der Waals surface area (Å²) in [5.41, 5.74) is 3.74. The molecule has 2 aliphatic rings. The second kappa shape index (κ2) is 7.92. The van der Waals surface area contributed by atoms with Crippen LogP contribution in [0.5, 0.6) is 0 Å². The minimum Gasteiger partial charge on any atom is -0.371 e. The van der Waals surface area contributed by atoms with Crippen molar-refractivity contribution in [3.63, 3.8) is 0 Å². The molecule has 0 bridgehead atoms. The van der Waals surface area contributed by atoms with Gasteiger partial charge < -0.3 is 15.1 Å². The summed E-state index contributed by atoms with van der Waals surface area (Å²) in [4.78, 5) is 30.7. The van der Waals surface area contributed by atoms with Gasteiger partial charge in [0.15, 0.2) is 0 Å². The lowest BCUT2D eigenvalue weighted by atomic mass is 10.1. The largest absolute Gasteiger partial charge is 0.371 e. The normalized spacial score (nSPS) is 16.4. The maximum atomic E-state index is 13.0. The summed E-state index contributed by atoms with van der Waals surface area (Å²) in [6.07, 6.45) is 2.44. The highest BCUT2D eigenvalue weighted by atomic mass is 16.2. The second-order valence-electron chi connectivity index (χ2n) is 7.42. The molecule has 1 N–H and O–H groups in total. The molecule has 0 spiro atoms. The maximum Gasteiger partial charge on any atom is 0.321 e. The molecule has 0 aromatic heterocycles. The van der Waals surface area contributed by atoms with Crippen molar-refractivity contribution in [1.82, 2.24) is 10.2 Å². The zero-order valence-corrected chi connectivity index (χ0v) is 16.2. The summed E-state index contributed by atoms with van der Waals surface area (Å²) in [7, 11) is 1.83. The van der Waals surface area contributed by atoms with E-state index in [9.17, 15) is 9.59 Å². The topological polar surface area (TPSA) is 55.9 Å². The van der Waals surface area contributed by atoms with Crippen molar-refractivity contribution in [2.75, 3.05) is 43.0 Å². The lowest BCUT2D eigenvalue weighted by molar-refractivity contribution is 0.0785. The number of hydrogen-bond acceptors (Lipinski definition) is 3. The summed E-state index contributed by atoms with van der Waals surface area (Å²) in [5.74, 6) is -0.0438. The highest BCUT2D eigenvalue weighted by Crippen LogP contribution is 2.26. The third-order valence-corrected chi connectivity index (χ3v) is 5.45. The molecular weight excluding hydrogens is 352 g/mol. The van der Waals surface area contributed by atoms with E-state index in [0.717, 1.165) is 24.3 Å². The molecule has 28 heavy (non-hydrogen) atoms. The van der Waals surface area contributed by atoms with Crippen LogP contribution in [0.1, 0.15) is 28.8 Å². The number of carbonyl (C=O) groups is 2. The minimum atomic E-state index is -0.113. The smallest absolute Gasteiger partial charge is 0.321 e. The first-order valence-electron chi connectivity index (χ1n) is 9.87. The number of para-hydroxylation sites is 1. The third kappa shape index (κ3) is 3.67. The standard InChI is InChI=1S/C22H26N4O2/c1-24(16-18-7-2-3-10-20(18)25-12-4-5-13-25)21(27)17-8-6-9-19(15-17)26-14-11-23-22(26)28/h2-3,6-10,15H,4-5,11-14,16H2,1H3,(H,23,28). The number of anilines is 2. The van der Waals surface area contributed by atoms with Gasteiger partial charge in [-0.3, -0.25) is 9.69 Å². The van der Waals surface area contributed by atoms with E-state index < -0.39 is 0 Å². The Morgan fingerprint density at radius 1 is 1.07 bits per heavy atom. The van der Waals surface area contributed by atoms with Crippen molar-refractivity contribution in [2.45, 2.75) is 19.4 Å². The van der Waals surface area contributed by atoms with Gasteiger partial charge in [0, 0.05) is 56.7 Å². The van der Waals surface area contributed by atoms with Crippen molar-refractivity contribution in [1.29, 1.82) is 0 Å². The molecule has 6 heteroatoms. The van der Waals surface area contributed by atoms with Crippen LogP contribution in [0.3, 0.4) is 0 Å². The van der Waals surface area contributed by atoms with E-state index in [0.29, 0.717) is 25.2 Å². The Hall–Kier alpha value is -3.02. The molecule has 0 aliphatic carbocycles. The van der Waals surface area contributed by atoms with E-state index in [2.05, 4.69) is 28.4 Å². The van der Waals surface area contributed by atoms with Gasteiger partial charge in [0.05, 0.1) is 0 Å². The molecule has 2 fully saturated rings. The van der Waals surface area contributed by atoms with Crippen LogP contribution in [0.2, 0.25) is 0 Å². The molecule has 146 valence electrons. The Balaban J connectivity index is 1.51. The molecule has 0 atom stereocenters. The van der Waals surface area contributed by atoms with Gasteiger partial charge in [-0.2, -0.15) is 0 Å². The van der Waals surface area contributed by atoms with Crippen molar-refractivity contribution < 1.29 is 9.59 Å². The summed E-state index contributed by atoms with van der Waals surface area (Å²) in [5, 5.41) is 2.79. The molecule has 2 aromatic carbocycles. The average molecular weight is 378 g/mol. The summed E-state index contributed by atoms with van der Waals surface area (Å²) < 4.78 is 0. The highest BCUT2D eigenvalue weighted by molar-refractivity contribution is 5.98. The minimum absolute atomic E-state index is 0.0438. The summed E-state index contributed by atoms with van der Waals surface area (Å²) in [6, 6.07) is 15.5. The van der Waals surface area contributed by atoms with Gasteiger partial charge in [-0.1, -0.05) is 24.3 Å². The van der Waals surface area contributed by atoms with Gasteiger partial charge in [-0.15, -0.1) is 0 Å². The average Bonchev–Trinajstić information content (AvgIpc) is 3.40. The van der Waals surface area contributed by atoms with Gasteiger partial charge >= 0.3 is 6.03 Å². The van der Waals surface area contributed by atoms with E-state index in [1.165, 1.54) is 18.5 Å². The van der Waals surface area contributed by atoms with Gasteiger partial charge in [-0.05, 0) is 42.7 Å². The first-order valence-corrected chi connectivity index (χ1v) is 9.87. The van der Waals surface area contributed by atoms with Gasteiger partial charge in [0.1, 0.15) is 0 Å². The zero-order valence-electron chi connectivity index (χ0n) is 16.2. The number of benzene rings is 2. The van der Waals surface area contributed by atoms with Gasteiger partial charge in [-0.25, -0.2) is 4.79 Å². The van der Waals surface area contributed by atoms with Crippen molar-refractivity contribution in [3.8, 4) is 0 Å². The van der Waals surface area contributed by atoms with E-state index in [1.54, 1.807) is 15.9 Å². The monoisotopic (exact) mass is 378 g/mol. The Kier molecular flexibility index (Phi) is 5.19. The van der Waals surface area contributed by atoms with Gasteiger partial charge in [0.25, 0.3) is 5.91 Å². The van der Waals surface area contributed by atoms with Crippen LogP contribution in [-0.2, 0) is 6.54 Å². The predicted octanol–water partition coefficient (Wildman–Crippen LogP) is 3.09. The third-order valence-electron chi connectivity index (χ3n) is 5.45. The van der Waals surface area contributed by atoms with Crippen LogP contribution in [0, 0.1) is 0 Å².